The van der Waals surface area contributed by atoms with Crippen LogP contribution in [0.1, 0.15) is 19.8 Å². The van der Waals surface area contributed by atoms with Gasteiger partial charge in [-0.3, -0.25) is 0 Å². The van der Waals surface area contributed by atoms with Gasteiger partial charge in [0.15, 0.2) is 0 Å². The summed E-state index contributed by atoms with van der Waals surface area (Å²) in [5.41, 5.74) is 5.49. The molecule has 1 saturated heterocycles. The van der Waals surface area contributed by atoms with E-state index in [0.717, 1.165) is 18.5 Å². The molecule has 0 radical (unpaired) electrons. The summed E-state index contributed by atoms with van der Waals surface area (Å²) in [6.45, 7) is 4.40. The Labute approximate surface area is 63.4 Å². The maximum absolute atomic E-state index is 5.49. The number of nitrogens with two attached hydrogens (primary N) is 1. The zero-order chi connectivity index (χ0) is 7.56. The summed E-state index contributed by atoms with van der Waals surface area (Å²) in [6.07, 6.45) is 2.51. The molecule has 2 atom stereocenters. The molecule has 0 bridgehead atoms. The third-order valence-corrected chi connectivity index (χ3v) is 2.40. The molecule has 0 saturated carbocycles. The summed E-state index contributed by atoms with van der Waals surface area (Å²) < 4.78 is 0. The van der Waals surface area contributed by atoms with Crippen LogP contribution in [0.25, 0.3) is 0 Å². The SMILES string of the molecule is CC1CC(CCN)N(C)C1. The van der Waals surface area contributed by atoms with E-state index in [1.807, 2.05) is 0 Å². The van der Waals surface area contributed by atoms with Crippen LogP contribution in [0, 0.1) is 5.92 Å². The number of rotatable bonds is 2. The lowest BCUT2D eigenvalue weighted by molar-refractivity contribution is 0.297. The van der Waals surface area contributed by atoms with Gasteiger partial charge in [0.1, 0.15) is 0 Å². The predicted molar refractivity (Wildman–Crippen MR) is 43.9 cm³/mol. The highest BCUT2D eigenvalue weighted by Gasteiger charge is 2.25. The molecule has 60 valence electrons. The van der Waals surface area contributed by atoms with Gasteiger partial charge < -0.3 is 10.6 Å². The minimum absolute atomic E-state index is 0.764. The van der Waals surface area contributed by atoms with E-state index in [1.54, 1.807) is 0 Å². The summed E-state index contributed by atoms with van der Waals surface area (Å²) in [4.78, 5) is 2.43. The largest absolute Gasteiger partial charge is 0.330 e. The van der Waals surface area contributed by atoms with Gasteiger partial charge >= 0.3 is 0 Å². The fourth-order valence-corrected chi connectivity index (χ4v) is 1.89. The van der Waals surface area contributed by atoms with Crippen LogP contribution in [-0.2, 0) is 0 Å². The van der Waals surface area contributed by atoms with Crippen LogP contribution in [0.15, 0.2) is 0 Å². The van der Waals surface area contributed by atoms with Crippen molar-refractivity contribution < 1.29 is 0 Å². The smallest absolute Gasteiger partial charge is 0.0107 e. The van der Waals surface area contributed by atoms with Crippen LogP contribution in [0.5, 0.6) is 0 Å². The summed E-state index contributed by atoms with van der Waals surface area (Å²) in [5.74, 6) is 0.876. The standard InChI is InChI=1S/C8H18N2/c1-7-5-8(3-4-9)10(2)6-7/h7-8H,3-6,9H2,1-2H3. The van der Waals surface area contributed by atoms with Crippen LogP contribution in [0.4, 0.5) is 0 Å². The van der Waals surface area contributed by atoms with Gasteiger partial charge in [0.25, 0.3) is 0 Å². The first-order valence-corrected chi connectivity index (χ1v) is 4.14. The molecule has 0 amide bonds. The van der Waals surface area contributed by atoms with Crippen LogP contribution in [0.3, 0.4) is 0 Å². The Morgan fingerprint density at radius 2 is 2.30 bits per heavy atom. The van der Waals surface area contributed by atoms with Gasteiger partial charge in [0.05, 0.1) is 0 Å². The molecule has 1 aliphatic heterocycles. The van der Waals surface area contributed by atoms with Crippen LogP contribution < -0.4 is 5.73 Å². The molecule has 2 unspecified atom stereocenters. The molecule has 1 fully saturated rings. The molecule has 1 rings (SSSR count). The molecule has 0 aromatic rings. The monoisotopic (exact) mass is 142 g/mol. The Bertz CT molecular complexity index is 103. The van der Waals surface area contributed by atoms with Gasteiger partial charge in [-0.2, -0.15) is 0 Å². The van der Waals surface area contributed by atoms with Crippen molar-refractivity contribution >= 4 is 0 Å². The highest BCUT2D eigenvalue weighted by atomic mass is 15.2. The molecule has 1 aliphatic rings. The van der Waals surface area contributed by atoms with Crippen LogP contribution in [0.2, 0.25) is 0 Å². The Kier molecular flexibility index (Phi) is 2.69. The van der Waals surface area contributed by atoms with E-state index in [0.29, 0.717) is 0 Å². The van der Waals surface area contributed by atoms with E-state index in [4.69, 9.17) is 5.73 Å². The highest BCUT2D eigenvalue weighted by Crippen LogP contribution is 2.22. The maximum atomic E-state index is 5.49. The summed E-state index contributed by atoms with van der Waals surface area (Å²) in [7, 11) is 2.20. The molecular weight excluding hydrogens is 124 g/mol. The Balaban J connectivity index is 2.31. The highest BCUT2D eigenvalue weighted by molar-refractivity contribution is 4.80. The zero-order valence-corrected chi connectivity index (χ0v) is 7.01. The van der Waals surface area contributed by atoms with E-state index in [1.165, 1.54) is 19.4 Å². The summed E-state index contributed by atoms with van der Waals surface area (Å²) in [6, 6.07) is 0.764. The maximum Gasteiger partial charge on any atom is 0.0107 e. The van der Waals surface area contributed by atoms with E-state index in [9.17, 15) is 0 Å². The Morgan fingerprint density at radius 3 is 2.70 bits per heavy atom. The molecule has 2 N–H and O–H groups in total. The lowest BCUT2D eigenvalue weighted by Gasteiger charge is -2.17. The second kappa shape index (κ2) is 3.35. The number of hydrogen-bond acceptors (Lipinski definition) is 2. The first-order valence-electron chi connectivity index (χ1n) is 4.14. The van der Waals surface area contributed by atoms with Crippen molar-refractivity contribution in [2.45, 2.75) is 25.8 Å². The van der Waals surface area contributed by atoms with Crippen molar-refractivity contribution in [2.24, 2.45) is 11.7 Å². The third-order valence-electron chi connectivity index (χ3n) is 2.40. The molecule has 0 aliphatic carbocycles. The summed E-state index contributed by atoms with van der Waals surface area (Å²) >= 11 is 0. The quantitative estimate of drug-likeness (QED) is 0.614. The molecule has 0 aromatic carbocycles. The molecule has 10 heavy (non-hydrogen) atoms. The van der Waals surface area contributed by atoms with Crippen molar-refractivity contribution in [2.75, 3.05) is 20.1 Å². The molecule has 2 heteroatoms. The predicted octanol–water partition coefficient (Wildman–Crippen LogP) is 0.675. The van der Waals surface area contributed by atoms with Gasteiger partial charge in [-0.1, -0.05) is 6.92 Å². The molecule has 1 heterocycles. The van der Waals surface area contributed by atoms with E-state index in [-0.39, 0.29) is 0 Å². The van der Waals surface area contributed by atoms with Crippen LogP contribution in [-0.4, -0.2) is 31.1 Å². The van der Waals surface area contributed by atoms with Gasteiger partial charge in [-0.05, 0) is 32.4 Å². The van der Waals surface area contributed by atoms with Gasteiger partial charge in [-0.15, -0.1) is 0 Å². The molecule has 2 nitrogen and oxygen atoms in total. The van der Waals surface area contributed by atoms with E-state index < -0.39 is 0 Å². The zero-order valence-electron chi connectivity index (χ0n) is 7.01. The van der Waals surface area contributed by atoms with Gasteiger partial charge in [-0.25, -0.2) is 0 Å². The fourth-order valence-electron chi connectivity index (χ4n) is 1.89. The lowest BCUT2D eigenvalue weighted by Crippen LogP contribution is -2.27. The van der Waals surface area contributed by atoms with Crippen molar-refractivity contribution in [1.29, 1.82) is 0 Å². The minimum Gasteiger partial charge on any atom is -0.330 e. The second-order valence-electron chi connectivity index (χ2n) is 3.51. The fraction of sp³-hybridized carbons (Fsp3) is 1.00. The van der Waals surface area contributed by atoms with Crippen molar-refractivity contribution in [3.63, 3.8) is 0 Å². The van der Waals surface area contributed by atoms with Crippen molar-refractivity contribution in [3.05, 3.63) is 0 Å². The third kappa shape index (κ3) is 1.70. The summed E-state index contributed by atoms with van der Waals surface area (Å²) in [5, 5.41) is 0. The van der Waals surface area contributed by atoms with Crippen LogP contribution >= 0.6 is 0 Å². The molecule has 0 aromatic heterocycles. The number of nitrogens with zero attached hydrogens (tertiary/aromatic N) is 1. The Morgan fingerprint density at radius 1 is 1.60 bits per heavy atom. The average molecular weight is 142 g/mol. The lowest BCUT2D eigenvalue weighted by atomic mass is 10.1. The minimum atomic E-state index is 0.764. The topological polar surface area (TPSA) is 29.3 Å². The number of hydrogen-bond donors (Lipinski definition) is 1. The van der Waals surface area contributed by atoms with E-state index >= 15 is 0 Å². The average Bonchev–Trinajstić information content (AvgIpc) is 2.13. The van der Waals surface area contributed by atoms with Crippen molar-refractivity contribution in [3.8, 4) is 0 Å². The second-order valence-corrected chi connectivity index (χ2v) is 3.51. The normalized spacial score (nSPS) is 35.1. The van der Waals surface area contributed by atoms with Gasteiger partial charge in [0, 0.05) is 12.6 Å². The molecule has 0 spiro atoms. The van der Waals surface area contributed by atoms with E-state index in [2.05, 4.69) is 18.9 Å². The molecular formula is C8H18N2. The first-order chi connectivity index (χ1) is 4.74. The van der Waals surface area contributed by atoms with Gasteiger partial charge in [0.2, 0.25) is 0 Å². The first kappa shape index (κ1) is 8.02. The van der Waals surface area contributed by atoms with Crippen molar-refractivity contribution in [1.82, 2.24) is 4.90 Å². The number of likely N-dealkylation sites (tertiary alicyclic amines) is 1. The Hall–Kier alpha value is -0.0800.